The van der Waals surface area contributed by atoms with Crippen molar-refractivity contribution in [1.29, 1.82) is 0 Å². The molecule has 1 aromatic carbocycles. The molecule has 0 spiro atoms. The van der Waals surface area contributed by atoms with Crippen LogP contribution < -0.4 is 4.74 Å². The van der Waals surface area contributed by atoms with Crippen molar-refractivity contribution in [2.24, 2.45) is 11.8 Å². The molecular formula is C26H33F3O6. The lowest BCUT2D eigenvalue weighted by Crippen LogP contribution is -2.20. The highest BCUT2D eigenvalue weighted by atomic mass is 19.4. The van der Waals surface area contributed by atoms with E-state index in [0.29, 0.717) is 25.7 Å². The molecule has 0 aromatic heterocycles. The van der Waals surface area contributed by atoms with Crippen LogP contribution in [-0.4, -0.2) is 46.9 Å². The highest BCUT2D eigenvalue weighted by Crippen LogP contribution is 2.34. The van der Waals surface area contributed by atoms with Gasteiger partial charge in [0.2, 0.25) is 0 Å². The summed E-state index contributed by atoms with van der Waals surface area (Å²) in [5, 5.41) is 20.4. The summed E-state index contributed by atoms with van der Waals surface area (Å²) < 4.78 is 48.7. The molecular weight excluding hydrogens is 465 g/mol. The SMILES string of the molecule is CC(C)OC(=O)CCC/C=C\C[C@H]1[C@@H](O)CC(=O)[C@@H]1/C=C/[C@@H](O)COc1cccc(C(F)(F)F)c1. The Morgan fingerprint density at radius 3 is 2.69 bits per heavy atom. The van der Waals surface area contributed by atoms with Crippen molar-refractivity contribution < 1.29 is 42.4 Å². The Morgan fingerprint density at radius 2 is 2.00 bits per heavy atom. The second-order valence-electron chi connectivity index (χ2n) is 8.85. The van der Waals surface area contributed by atoms with Crippen LogP contribution in [0.15, 0.2) is 48.6 Å². The molecule has 4 atom stereocenters. The van der Waals surface area contributed by atoms with Gasteiger partial charge in [-0.3, -0.25) is 9.59 Å². The van der Waals surface area contributed by atoms with Crippen LogP contribution in [0.25, 0.3) is 0 Å². The van der Waals surface area contributed by atoms with E-state index >= 15 is 0 Å². The molecule has 1 aliphatic rings. The Kier molecular flexibility index (Phi) is 11.0. The topological polar surface area (TPSA) is 93.1 Å². The molecule has 2 N–H and O–H groups in total. The number of benzene rings is 1. The largest absolute Gasteiger partial charge is 0.491 e. The number of Topliss-reactive ketones (excluding diaryl/α,β-unsaturated/α-hetero) is 1. The molecule has 194 valence electrons. The van der Waals surface area contributed by atoms with Crippen LogP contribution in [0.2, 0.25) is 0 Å². The number of carbonyl (C=O) groups is 2. The van der Waals surface area contributed by atoms with Crippen molar-refractivity contribution in [3.8, 4) is 5.75 Å². The van der Waals surface area contributed by atoms with E-state index in [0.717, 1.165) is 12.1 Å². The van der Waals surface area contributed by atoms with Gasteiger partial charge in [-0.25, -0.2) is 0 Å². The van der Waals surface area contributed by atoms with Crippen LogP contribution >= 0.6 is 0 Å². The zero-order chi connectivity index (χ0) is 26.0. The lowest BCUT2D eigenvalue weighted by Gasteiger charge is -2.17. The Labute approximate surface area is 203 Å². The van der Waals surface area contributed by atoms with Crippen molar-refractivity contribution in [2.45, 2.75) is 70.4 Å². The molecule has 0 amide bonds. The second-order valence-corrected chi connectivity index (χ2v) is 8.85. The number of aliphatic hydroxyl groups excluding tert-OH is 2. The van der Waals surface area contributed by atoms with Crippen LogP contribution in [0.5, 0.6) is 5.75 Å². The predicted molar refractivity (Wildman–Crippen MR) is 124 cm³/mol. The number of halogens is 3. The molecule has 0 unspecified atom stereocenters. The van der Waals surface area contributed by atoms with Gasteiger partial charge in [-0.05, 0) is 51.3 Å². The van der Waals surface area contributed by atoms with Crippen LogP contribution in [0.1, 0.15) is 51.5 Å². The first-order valence-corrected chi connectivity index (χ1v) is 11.7. The number of esters is 1. The van der Waals surface area contributed by atoms with Crippen LogP contribution in [0, 0.1) is 11.8 Å². The highest BCUT2D eigenvalue weighted by Gasteiger charge is 2.39. The zero-order valence-corrected chi connectivity index (χ0v) is 19.9. The van der Waals surface area contributed by atoms with Gasteiger partial charge in [0.05, 0.1) is 17.8 Å². The fourth-order valence-electron chi connectivity index (χ4n) is 3.83. The van der Waals surface area contributed by atoms with E-state index in [1.807, 2.05) is 12.2 Å². The minimum Gasteiger partial charge on any atom is -0.491 e. The first-order valence-electron chi connectivity index (χ1n) is 11.7. The Balaban J connectivity index is 1.83. The van der Waals surface area contributed by atoms with Gasteiger partial charge in [0.1, 0.15) is 24.2 Å². The van der Waals surface area contributed by atoms with Crippen molar-refractivity contribution in [2.75, 3.05) is 6.61 Å². The number of alkyl halides is 3. The van der Waals surface area contributed by atoms with E-state index in [1.165, 1.54) is 24.3 Å². The maximum Gasteiger partial charge on any atom is 0.416 e. The Hall–Kier alpha value is -2.65. The number of hydrogen-bond donors (Lipinski definition) is 2. The molecule has 9 heteroatoms. The van der Waals surface area contributed by atoms with E-state index in [-0.39, 0.29) is 42.6 Å². The van der Waals surface area contributed by atoms with Crippen molar-refractivity contribution >= 4 is 11.8 Å². The van der Waals surface area contributed by atoms with Crippen LogP contribution in [0.4, 0.5) is 13.2 Å². The maximum absolute atomic E-state index is 12.8. The van der Waals surface area contributed by atoms with Gasteiger partial charge in [0.25, 0.3) is 0 Å². The summed E-state index contributed by atoms with van der Waals surface area (Å²) in [7, 11) is 0. The second kappa shape index (κ2) is 13.4. The first-order chi connectivity index (χ1) is 16.5. The molecule has 2 rings (SSSR count). The lowest BCUT2D eigenvalue weighted by atomic mass is 9.90. The minimum atomic E-state index is -4.50. The average Bonchev–Trinajstić information content (AvgIpc) is 3.04. The summed E-state index contributed by atoms with van der Waals surface area (Å²) in [6, 6.07) is 4.35. The number of rotatable bonds is 12. The number of unbranched alkanes of at least 4 members (excludes halogenated alkanes) is 1. The smallest absolute Gasteiger partial charge is 0.416 e. The Bertz CT molecular complexity index is 893. The van der Waals surface area contributed by atoms with E-state index in [9.17, 15) is 33.0 Å². The maximum atomic E-state index is 12.8. The number of ether oxygens (including phenoxy) is 2. The molecule has 1 aliphatic carbocycles. The molecule has 0 heterocycles. The highest BCUT2D eigenvalue weighted by molar-refractivity contribution is 5.86. The molecule has 1 saturated carbocycles. The van der Waals surface area contributed by atoms with Gasteiger partial charge >= 0.3 is 12.1 Å². The number of aliphatic hydroxyl groups is 2. The summed E-state index contributed by atoms with van der Waals surface area (Å²) in [5.74, 6) is -1.35. The number of carbonyl (C=O) groups excluding carboxylic acids is 2. The predicted octanol–water partition coefficient (Wildman–Crippen LogP) is 4.64. The normalized spacial score (nSPS) is 21.8. The number of hydrogen-bond acceptors (Lipinski definition) is 6. The summed E-state index contributed by atoms with van der Waals surface area (Å²) in [6.45, 7) is 3.30. The van der Waals surface area contributed by atoms with Gasteiger partial charge in [0, 0.05) is 24.7 Å². The van der Waals surface area contributed by atoms with Gasteiger partial charge in [0.15, 0.2) is 0 Å². The average molecular weight is 499 g/mol. The third kappa shape index (κ3) is 9.85. The van der Waals surface area contributed by atoms with E-state index in [2.05, 4.69) is 0 Å². The first kappa shape index (κ1) is 28.6. The molecule has 1 fully saturated rings. The monoisotopic (exact) mass is 498 g/mol. The van der Waals surface area contributed by atoms with E-state index in [4.69, 9.17) is 9.47 Å². The summed E-state index contributed by atoms with van der Waals surface area (Å²) in [6.07, 6.45) is 2.17. The molecule has 0 saturated heterocycles. The molecule has 0 aliphatic heterocycles. The standard InChI is InChI=1S/C26H33F3O6/c1-17(2)35-25(33)11-6-4-3-5-10-21-22(24(32)15-23(21)31)13-12-19(30)16-34-20-9-7-8-18(14-20)26(27,28)29/h3,5,7-9,12-14,17,19,21-23,30-31H,4,6,10-11,15-16H2,1-2H3/b5-3-,13-12+/t19-,21-,22-,23+/m1/s1. The molecule has 35 heavy (non-hydrogen) atoms. The van der Waals surface area contributed by atoms with Crippen molar-refractivity contribution in [1.82, 2.24) is 0 Å². The molecule has 0 radical (unpaired) electrons. The lowest BCUT2D eigenvalue weighted by molar-refractivity contribution is -0.147. The third-order valence-electron chi connectivity index (χ3n) is 5.55. The van der Waals surface area contributed by atoms with Crippen molar-refractivity contribution in [3.05, 3.63) is 54.1 Å². The third-order valence-corrected chi connectivity index (χ3v) is 5.55. The van der Waals surface area contributed by atoms with Crippen LogP contribution in [-0.2, 0) is 20.5 Å². The summed E-state index contributed by atoms with van der Waals surface area (Å²) in [5.41, 5.74) is -0.850. The van der Waals surface area contributed by atoms with Crippen molar-refractivity contribution in [3.63, 3.8) is 0 Å². The van der Waals surface area contributed by atoms with Gasteiger partial charge in [-0.1, -0.05) is 30.4 Å². The zero-order valence-electron chi connectivity index (χ0n) is 19.9. The quantitative estimate of drug-likeness (QED) is 0.248. The summed E-state index contributed by atoms with van der Waals surface area (Å²) in [4.78, 5) is 23.8. The fraction of sp³-hybridized carbons (Fsp3) is 0.538. The minimum absolute atomic E-state index is 0.0192. The number of ketones is 1. The fourth-order valence-corrected chi connectivity index (χ4v) is 3.83. The van der Waals surface area contributed by atoms with Gasteiger partial charge < -0.3 is 19.7 Å². The van der Waals surface area contributed by atoms with Gasteiger partial charge in [-0.15, -0.1) is 0 Å². The number of allylic oxidation sites excluding steroid dienone is 3. The molecule has 1 aromatic rings. The van der Waals surface area contributed by atoms with Gasteiger partial charge in [-0.2, -0.15) is 13.2 Å². The Morgan fingerprint density at radius 1 is 1.26 bits per heavy atom. The van der Waals surface area contributed by atoms with E-state index in [1.54, 1.807) is 13.8 Å². The van der Waals surface area contributed by atoms with E-state index < -0.39 is 29.9 Å². The summed E-state index contributed by atoms with van der Waals surface area (Å²) >= 11 is 0. The van der Waals surface area contributed by atoms with Crippen LogP contribution in [0.3, 0.4) is 0 Å². The molecule has 0 bridgehead atoms. The molecule has 6 nitrogen and oxygen atoms in total.